The van der Waals surface area contributed by atoms with Crippen molar-refractivity contribution in [3.8, 4) is 0 Å². The summed E-state index contributed by atoms with van der Waals surface area (Å²) in [6.45, 7) is 2.49. The van der Waals surface area contributed by atoms with E-state index in [2.05, 4.69) is 19.9 Å². The highest BCUT2D eigenvalue weighted by Gasteiger charge is 2.14. The Bertz CT molecular complexity index is 681. The van der Waals surface area contributed by atoms with Gasteiger partial charge in [-0.3, -0.25) is 4.98 Å². The molecule has 2 aromatic rings. The van der Waals surface area contributed by atoms with Crippen LogP contribution < -0.4 is 4.90 Å². The average Bonchev–Trinajstić information content (AvgIpc) is 2.52. The molecule has 0 amide bonds. The summed E-state index contributed by atoms with van der Waals surface area (Å²) in [7, 11) is 0. The molecule has 0 aromatic carbocycles. The van der Waals surface area contributed by atoms with Crippen LogP contribution in [0, 0.1) is 4.77 Å². The summed E-state index contributed by atoms with van der Waals surface area (Å²) < 4.78 is 2.30. The van der Waals surface area contributed by atoms with E-state index in [1.165, 1.54) is 19.3 Å². The standard InChI is InChI=1S/C14H16ClN5S/c15-11-5-4-6-16-12(11)9-20-10-17-13(18-14(20)21)19-7-2-1-3-8-19/h4-6,10H,1-3,7-9H2. The van der Waals surface area contributed by atoms with Crippen molar-refractivity contribution >= 4 is 29.8 Å². The van der Waals surface area contributed by atoms with E-state index in [1.54, 1.807) is 23.2 Å². The molecule has 110 valence electrons. The Morgan fingerprint density at radius 1 is 1.19 bits per heavy atom. The molecular formula is C14H16ClN5S. The quantitative estimate of drug-likeness (QED) is 0.813. The highest BCUT2D eigenvalue weighted by atomic mass is 35.5. The van der Waals surface area contributed by atoms with Crippen LogP contribution in [0.15, 0.2) is 24.7 Å². The fourth-order valence-corrected chi connectivity index (χ4v) is 2.77. The van der Waals surface area contributed by atoms with Crippen LogP contribution in [0.2, 0.25) is 5.02 Å². The van der Waals surface area contributed by atoms with E-state index in [0.29, 0.717) is 16.3 Å². The van der Waals surface area contributed by atoms with Gasteiger partial charge in [0, 0.05) is 19.3 Å². The van der Waals surface area contributed by atoms with Crippen molar-refractivity contribution in [3.63, 3.8) is 0 Å². The van der Waals surface area contributed by atoms with Crippen LogP contribution in [0.5, 0.6) is 0 Å². The van der Waals surface area contributed by atoms with E-state index < -0.39 is 0 Å². The van der Waals surface area contributed by atoms with E-state index >= 15 is 0 Å². The van der Waals surface area contributed by atoms with Crippen molar-refractivity contribution in [1.82, 2.24) is 19.5 Å². The number of nitrogens with zero attached hydrogens (tertiary/aromatic N) is 5. The number of aromatic nitrogens is 4. The number of halogens is 1. The molecule has 7 heteroatoms. The van der Waals surface area contributed by atoms with Gasteiger partial charge in [0.1, 0.15) is 6.33 Å². The second kappa shape index (κ2) is 6.49. The zero-order chi connectivity index (χ0) is 14.7. The molecule has 2 aromatic heterocycles. The maximum Gasteiger partial charge on any atom is 0.229 e. The van der Waals surface area contributed by atoms with E-state index in [0.717, 1.165) is 24.7 Å². The summed E-state index contributed by atoms with van der Waals surface area (Å²) in [6, 6.07) is 3.62. The van der Waals surface area contributed by atoms with Crippen LogP contribution in [-0.2, 0) is 6.54 Å². The molecule has 0 unspecified atom stereocenters. The molecule has 1 aliphatic heterocycles. The van der Waals surface area contributed by atoms with Crippen molar-refractivity contribution < 1.29 is 0 Å². The zero-order valence-electron chi connectivity index (χ0n) is 11.6. The van der Waals surface area contributed by atoms with E-state index in [4.69, 9.17) is 23.8 Å². The predicted molar refractivity (Wildman–Crippen MR) is 85.3 cm³/mol. The summed E-state index contributed by atoms with van der Waals surface area (Å²) in [4.78, 5) is 15.3. The molecule has 0 N–H and O–H groups in total. The van der Waals surface area contributed by atoms with Gasteiger partial charge in [-0.2, -0.15) is 4.98 Å². The first kappa shape index (κ1) is 14.4. The molecule has 5 nitrogen and oxygen atoms in total. The smallest absolute Gasteiger partial charge is 0.229 e. The summed E-state index contributed by atoms with van der Waals surface area (Å²) >= 11 is 11.5. The first-order valence-corrected chi connectivity index (χ1v) is 7.80. The summed E-state index contributed by atoms with van der Waals surface area (Å²) in [6.07, 6.45) is 7.10. The first-order chi connectivity index (χ1) is 10.2. The van der Waals surface area contributed by atoms with E-state index in [9.17, 15) is 0 Å². The summed E-state index contributed by atoms with van der Waals surface area (Å²) in [5, 5.41) is 0.625. The van der Waals surface area contributed by atoms with Crippen molar-refractivity contribution in [3.05, 3.63) is 40.1 Å². The second-order valence-electron chi connectivity index (χ2n) is 5.05. The van der Waals surface area contributed by atoms with Gasteiger partial charge < -0.3 is 9.47 Å². The highest BCUT2D eigenvalue weighted by Crippen LogP contribution is 2.16. The van der Waals surface area contributed by atoms with Crippen molar-refractivity contribution in [2.45, 2.75) is 25.8 Å². The number of piperidine rings is 1. The molecule has 3 heterocycles. The van der Waals surface area contributed by atoms with E-state index in [-0.39, 0.29) is 0 Å². The van der Waals surface area contributed by atoms with Gasteiger partial charge in [0.2, 0.25) is 10.7 Å². The van der Waals surface area contributed by atoms with Crippen LogP contribution in [0.3, 0.4) is 0 Å². The van der Waals surface area contributed by atoms with Crippen LogP contribution in [0.4, 0.5) is 5.95 Å². The minimum atomic E-state index is 0.485. The Kier molecular flexibility index (Phi) is 4.45. The van der Waals surface area contributed by atoms with Gasteiger partial charge in [0.05, 0.1) is 17.3 Å². The predicted octanol–water partition coefficient (Wildman–Crippen LogP) is 3.09. The van der Waals surface area contributed by atoms with Crippen LogP contribution in [0.1, 0.15) is 25.0 Å². The number of rotatable bonds is 3. The fourth-order valence-electron chi connectivity index (χ4n) is 2.40. The molecule has 0 aliphatic carbocycles. The largest absolute Gasteiger partial charge is 0.341 e. The molecule has 1 aliphatic rings. The van der Waals surface area contributed by atoms with Gasteiger partial charge in [-0.25, -0.2) is 4.98 Å². The monoisotopic (exact) mass is 321 g/mol. The molecular weight excluding hydrogens is 306 g/mol. The molecule has 0 atom stereocenters. The third kappa shape index (κ3) is 3.39. The van der Waals surface area contributed by atoms with Crippen LogP contribution >= 0.6 is 23.8 Å². The maximum absolute atomic E-state index is 6.12. The average molecular weight is 322 g/mol. The molecule has 21 heavy (non-hydrogen) atoms. The van der Waals surface area contributed by atoms with Gasteiger partial charge >= 0.3 is 0 Å². The minimum Gasteiger partial charge on any atom is -0.341 e. The van der Waals surface area contributed by atoms with Crippen LogP contribution in [-0.4, -0.2) is 32.6 Å². The highest BCUT2D eigenvalue weighted by molar-refractivity contribution is 7.71. The van der Waals surface area contributed by atoms with Gasteiger partial charge in [0.15, 0.2) is 0 Å². The van der Waals surface area contributed by atoms with Crippen LogP contribution in [0.25, 0.3) is 0 Å². The molecule has 1 fully saturated rings. The SMILES string of the molecule is S=c1nc(N2CCCCC2)ncn1Cc1ncccc1Cl. The lowest BCUT2D eigenvalue weighted by molar-refractivity contribution is 0.563. The number of anilines is 1. The Balaban J connectivity index is 1.81. The summed E-state index contributed by atoms with van der Waals surface area (Å²) in [5.41, 5.74) is 0.768. The number of hydrogen-bond donors (Lipinski definition) is 0. The normalized spacial score (nSPS) is 15.2. The molecule has 1 saturated heterocycles. The summed E-state index contributed by atoms with van der Waals surface area (Å²) in [5.74, 6) is 0.725. The third-order valence-electron chi connectivity index (χ3n) is 3.55. The maximum atomic E-state index is 6.12. The minimum absolute atomic E-state index is 0.485. The lowest BCUT2D eigenvalue weighted by Crippen LogP contribution is -2.31. The topological polar surface area (TPSA) is 46.8 Å². The zero-order valence-corrected chi connectivity index (χ0v) is 13.1. The lowest BCUT2D eigenvalue weighted by atomic mass is 10.1. The molecule has 0 spiro atoms. The van der Waals surface area contributed by atoms with E-state index in [1.807, 2.05) is 6.07 Å². The van der Waals surface area contributed by atoms with Gasteiger partial charge in [0.25, 0.3) is 0 Å². The lowest BCUT2D eigenvalue weighted by Gasteiger charge is -2.26. The van der Waals surface area contributed by atoms with Crippen molar-refractivity contribution in [1.29, 1.82) is 0 Å². The van der Waals surface area contributed by atoms with Crippen molar-refractivity contribution in [2.24, 2.45) is 0 Å². The first-order valence-electron chi connectivity index (χ1n) is 7.02. The van der Waals surface area contributed by atoms with Gasteiger partial charge in [-0.05, 0) is 43.6 Å². The molecule has 3 rings (SSSR count). The van der Waals surface area contributed by atoms with Crippen molar-refractivity contribution in [2.75, 3.05) is 18.0 Å². The molecule has 0 bridgehead atoms. The second-order valence-corrected chi connectivity index (χ2v) is 5.82. The number of hydrogen-bond acceptors (Lipinski definition) is 5. The third-order valence-corrected chi connectivity index (χ3v) is 4.22. The molecule has 0 saturated carbocycles. The Morgan fingerprint density at radius 3 is 2.71 bits per heavy atom. The number of pyridine rings is 1. The van der Waals surface area contributed by atoms with Gasteiger partial charge in [-0.1, -0.05) is 11.6 Å². The van der Waals surface area contributed by atoms with Gasteiger partial charge in [-0.15, -0.1) is 0 Å². The fraction of sp³-hybridized carbons (Fsp3) is 0.429. The Hall–Kier alpha value is -1.53. The Labute approximate surface area is 133 Å². The molecule has 0 radical (unpaired) electrons. The Morgan fingerprint density at radius 2 is 2.00 bits per heavy atom.